The van der Waals surface area contributed by atoms with Gasteiger partial charge >= 0.3 is 5.97 Å². The van der Waals surface area contributed by atoms with Crippen molar-refractivity contribution in [1.82, 2.24) is 10.2 Å². The lowest BCUT2D eigenvalue weighted by molar-refractivity contribution is -0.140. The van der Waals surface area contributed by atoms with Crippen molar-refractivity contribution in [3.8, 4) is 6.07 Å². The van der Waals surface area contributed by atoms with Gasteiger partial charge in [0.15, 0.2) is 0 Å². The number of nitriles is 1. The number of benzene rings is 4. The van der Waals surface area contributed by atoms with Gasteiger partial charge in [0.2, 0.25) is 0 Å². The van der Waals surface area contributed by atoms with Gasteiger partial charge in [-0.15, -0.1) is 0 Å². The van der Waals surface area contributed by atoms with E-state index in [0.29, 0.717) is 12.2 Å². The Balaban J connectivity index is 0.00000353. The van der Waals surface area contributed by atoms with E-state index in [-0.39, 0.29) is 35.6 Å². The van der Waals surface area contributed by atoms with Crippen LogP contribution in [0.5, 0.6) is 0 Å². The topological polar surface area (TPSA) is 65.4 Å². The van der Waals surface area contributed by atoms with Gasteiger partial charge < -0.3 is 31.9 Å². The van der Waals surface area contributed by atoms with E-state index >= 15 is 0 Å². The summed E-state index contributed by atoms with van der Waals surface area (Å²) in [6.07, 6.45) is 1.92. The highest BCUT2D eigenvalue weighted by Gasteiger charge is 2.48. The Morgan fingerprint density at radius 1 is 0.872 bits per heavy atom. The third kappa shape index (κ3) is 5.45. The second-order valence-electron chi connectivity index (χ2n) is 9.29. The summed E-state index contributed by atoms with van der Waals surface area (Å²) in [4.78, 5) is 14.0. The van der Waals surface area contributed by atoms with E-state index in [1.54, 1.807) is 0 Å². The van der Waals surface area contributed by atoms with Crippen molar-refractivity contribution in [2.24, 2.45) is 0 Å². The van der Waals surface area contributed by atoms with Crippen LogP contribution in [0.15, 0.2) is 127 Å². The average Bonchev–Trinajstić information content (AvgIpc) is 3.44. The number of halogens is 1. The molecule has 0 aromatic heterocycles. The normalized spacial score (nSPS) is 13.3. The molecule has 39 heavy (non-hydrogen) atoms. The van der Waals surface area contributed by atoms with Gasteiger partial charge in [0.25, 0.3) is 0 Å². The van der Waals surface area contributed by atoms with Crippen molar-refractivity contribution >= 4 is 5.97 Å². The van der Waals surface area contributed by atoms with Crippen LogP contribution in [0.25, 0.3) is 0 Å². The predicted octanol–water partition coefficient (Wildman–Crippen LogP) is 2.91. The Morgan fingerprint density at radius 3 is 1.79 bits per heavy atom. The van der Waals surface area contributed by atoms with Gasteiger partial charge in [-0.2, -0.15) is 5.26 Å². The lowest BCUT2D eigenvalue weighted by atomic mass is 9.62. The Bertz CT molecular complexity index is 1350. The second-order valence-corrected chi connectivity index (χ2v) is 9.29. The van der Waals surface area contributed by atoms with E-state index in [1.165, 1.54) is 6.92 Å². The summed E-state index contributed by atoms with van der Waals surface area (Å²) in [6.45, 7) is 2.12. The first-order valence-electron chi connectivity index (χ1n) is 12.6. The van der Waals surface area contributed by atoms with Gasteiger partial charge in [-0.3, -0.25) is 4.79 Å². The molecule has 5 rings (SSSR count). The molecule has 0 saturated heterocycles. The number of nitrogens with zero attached hydrogens (tertiary/aromatic N) is 2. The molecule has 1 heterocycles. The highest BCUT2D eigenvalue weighted by molar-refractivity contribution is 5.66. The van der Waals surface area contributed by atoms with Gasteiger partial charge in [-0.25, -0.2) is 0 Å². The molecule has 6 heteroatoms. The molecule has 0 fully saturated rings. The summed E-state index contributed by atoms with van der Waals surface area (Å²) in [5, 5.41) is 12.9. The minimum Gasteiger partial charge on any atom is -1.00 e. The molecular weight excluding hydrogens is 550 g/mol. The summed E-state index contributed by atoms with van der Waals surface area (Å²) in [6, 6.07) is 41.4. The Labute approximate surface area is 240 Å². The number of hydrogen-bond acceptors (Lipinski definition) is 5. The van der Waals surface area contributed by atoms with Gasteiger partial charge in [-0.1, -0.05) is 103 Å². The maximum atomic E-state index is 11.8. The minimum atomic E-state index is -0.653. The van der Waals surface area contributed by atoms with Crippen molar-refractivity contribution < 1.29 is 26.5 Å². The van der Waals surface area contributed by atoms with E-state index in [1.807, 2.05) is 48.7 Å². The molecule has 1 N–H and O–H groups in total. The highest BCUT2D eigenvalue weighted by atomic mass is 79.9. The highest BCUT2D eigenvalue weighted by Crippen LogP contribution is 2.52. The van der Waals surface area contributed by atoms with Gasteiger partial charge in [0, 0.05) is 13.1 Å². The average molecular weight is 580 g/mol. The van der Waals surface area contributed by atoms with E-state index in [2.05, 4.69) is 89.1 Å². The van der Waals surface area contributed by atoms with Gasteiger partial charge in [-0.05, 0) is 34.4 Å². The minimum absolute atomic E-state index is 0. The van der Waals surface area contributed by atoms with Crippen molar-refractivity contribution in [2.75, 3.05) is 13.3 Å². The van der Waals surface area contributed by atoms with Crippen LogP contribution in [-0.2, 0) is 14.9 Å². The molecule has 1 atom stereocenters. The SMILES string of the molecule is CC(=O)OCC1=CNCN1C(c1ccc(C#N)cc1)C(c1ccccc1)(c1ccccc1)c1ccccc1.[Br-]. The molecule has 1 aliphatic rings. The standard InChI is InChI=1S/C33H29N3O2.BrH/c1-25(37)38-23-31-22-35-24-36(31)32(27-19-17-26(21-34)18-20-27)33(28-11-5-2-6-12-28,29-13-7-3-8-14-29)30-15-9-4-10-16-30;/h2-20,22,32,35H,23-24H2,1H3;1H/p-1. The van der Waals surface area contributed by atoms with E-state index < -0.39 is 5.41 Å². The molecule has 1 aliphatic heterocycles. The fraction of sp³-hybridized carbons (Fsp3) is 0.152. The Kier molecular flexibility index (Phi) is 8.85. The van der Waals surface area contributed by atoms with Crippen LogP contribution in [0.1, 0.15) is 40.8 Å². The zero-order valence-electron chi connectivity index (χ0n) is 21.6. The molecule has 196 valence electrons. The van der Waals surface area contributed by atoms with Gasteiger partial charge in [0.1, 0.15) is 6.61 Å². The summed E-state index contributed by atoms with van der Waals surface area (Å²) < 4.78 is 5.48. The smallest absolute Gasteiger partial charge is 0.303 e. The third-order valence-corrected chi connectivity index (χ3v) is 7.09. The maximum absolute atomic E-state index is 11.8. The van der Waals surface area contributed by atoms with E-state index in [9.17, 15) is 10.1 Å². The number of carbonyl (C=O) groups excluding carboxylic acids is 1. The van der Waals surface area contributed by atoms with Crippen LogP contribution >= 0.6 is 0 Å². The number of hydrogen-bond donors (Lipinski definition) is 1. The molecule has 5 nitrogen and oxygen atoms in total. The zero-order valence-corrected chi connectivity index (χ0v) is 23.2. The number of nitrogens with one attached hydrogen (secondary N) is 1. The van der Waals surface area contributed by atoms with Crippen LogP contribution in [0, 0.1) is 11.3 Å². The second kappa shape index (κ2) is 12.5. The number of carbonyl (C=O) groups is 1. The van der Waals surface area contributed by atoms with E-state index in [4.69, 9.17) is 4.74 Å². The fourth-order valence-electron chi connectivity index (χ4n) is 5.48. The lowest BCUT2D eigenvalue weighted by Gasteiger charge is -2.48. The first-order valence-corrected chi connectivity index (χ1v) is 12.6. The number of ether oxygens (including phenoxy) is 1. The Hall–Kier alpha value is -4.34. The van der Waals surface area contributed by atoms with Crippen LogP contribution in [0.3, 0.4) is 0 Å². The van der Waals surface area contributed by atoms with Crippen LogP contribution < -0.4 is 22.3 Å². The molecule has 4 aromatic carbocycles. The van der Waals surface area contributed by atoms with Crippen LogP contribution in [0.2, 0.25) is 0 Å². The first kappa shape index (κ1) is 27.7. The predicted molar refractivity (Wildman–Crippen MR) is 148 cm³/mol. The lowest BCUT2D eigenvalue weighted by Crippen LogP contribution is -3.00. The fourth-order valence-corrected chi connectivity index (χ4v) is 5.48. The van der Waals surface area contributed by atoms with Gasteiger partial charge in [0.05, 0.1) is 35.5 Å². The third-order valence-electron chi connectivity index (χ3n) is 7.09. The van der Waals surface area contributed by atoms with Crippen molar-refractivity contribution in [1.29, 1.82) is 5.26 Å². The monoisotopic (exact) mass is 578 g/mol. The summed E-state index contributed by atoms with van der Waals surface area (Å²) in [5.41, 5.74) is 5.26. The molecule has 0 aliphatic carbocycles. The number of rotatable bonds is 8. The summed E-state index contributed by atoms with van der Waals surface area (Å²) in [7, 11) is 0. The molecule has 0 radical (unpaired) electrons. The molecule has 0 saturated carbocycles. The van der Waals surface area contributed by atoms with Crippen molar-refractivity contribution in [2.45, 2.75) is 18.4 Å². The molecular formula is C33H29BrN3O2-. The quantitative estimate of drug-likeness (QED) is 0.257. The van der Waals surface area contributed by atoms with Crippen LogP contribution in [0.4, 0.5) is 0 Å². The molecule has 1 unspecified atom stereocenters. The summed E-state index contributed by atoms with van der Waals surface area (Å²) in [5.74, 6) is -0.326. The molecule has 4 aromatic rings. The zero-order chi connectivity index (χ0) is 26.4. The van der Waals surface area contributed by atoms with Crippen molar-refractivity contribution in [3.05, 3.63) is 155 Å². The van der Waals surface area contributed by atoms with E-state index in [0.717, 1.165) is 28.0 Å². The summed E-state index contributed by atoms with van der Waals surface area (Å²) >= 11 is 0. The van der Waals surface area contributed by atoms with Crippen LogP contribution in [-0.4, -0.2) is 24.1 Å². The number of esters is 1. The maximum Gasteiger partial charge on any atom is 0.303 e. The largest absolute Gasteiger partial charge is 1.00 e. The van der Waals surface area contributed by atoms with Crippen molar-refractivity contribution in [3.63, 3.8) is 0 Å². The molecule has 0 spiro atoms. The Morgan fingerprint density at radius 2 is 1.36 bits per heavy atom. The molecule has 0 amide bonds. The first-order chi connectivity index (χ1) is 18.6. The molecule has 0 bridgehead atoms.